The predicted octanol–water partition coefficient (Wildman–Crippen LogP) is 2.68. The fourth-order valence-corrected chi connectivity index (χ4v) is 3.45. The Morgan fingerprint density at radius 3 is 2.67 bits per heavy atom. The molecule has 5 heteroatoms. The summed E-state index contributed by atoms with van der Waals surface area (Å²) in [6.45, 7) is 2.78. The monoisotopic (exact) mass is 271 g/mol. The number of aromatic nitrogens is 2. The maximum atomic E-state index is 6.28. The van der Waals surface area contributed by atoms with E-state index in [1.807, 2.05) is 18.8 Å². The van der Waals surface area contributed by atoms with Gasteiger partial charge in [0, 0.05) is 13.7 Å². The largest absolute Gasteiger partial charge is 0.373 e. The van der Waals surface area contributed by atoms with Crippen molar-refractivity contribution in [3.8, 4) is 0 Å². The van der Waals surface area contributed by atoms with Gasteiger partial charge in [-0.25, -0.2) is 0 Å². The van der Waals surface area contributed by atoms with E-state index in [0.29, 0.717) is 5.02 Å². The first-order chi connectivity index (χ1) is 8.64. The highest BCUT2D eigenvalue weighted by atomic mass is 35.5. The van der Waals surface area contributed by atoms with Gasteiger partial charge in [0.2, 0.25) is 0 Å². The number of rotatable bonds is 5. The molecule has 18 heavy (non-hydrogen) atoms. The molecule has 0 amide bonds. The van der Waals surface area contributed by atoms with Gasteiger partial charge < -0.3 is 10.1 Å². The number of likely N-dealkylation sites (N-methyl/N-ethyl adjacent to an activating group) is 1. The second kappa shape index (κ2) is 5.59. The van der Waals surface area contributed by atoms with Gasteiger partial charge in [0.05, 0.1) is 28.6 Å². The number of nitrogens with zero attached hydrogens (tertiary/aromatic N) is 2. The molecule has 1 saturated carbocycles. The Labute approximate surface area is 114 Å². The topological polar surface area (TPSA) is 39.1 Å². The molecule has 0 radical (unpaired) electrons. The molecule has 0 bridgehead atoms. The Morgan fingerprint density at radius 1 is 1.56 bits per heavy atom. The van der Waals surface area contributed by atoms with Crippen LogP contribution in [0.5, 0.6) is 0 Å². The van der Waals surface area contributed by atoms with Crippen molar-refractivity contribution in [2.24, 2.45) is 7.05 Å². The van der Waals surface area contributed by atoms with E-state index in [-0.39, 0.29) is 11.6 Å². The summed E-state index contributed by atoms with van der Waals surface area (Å²) in [6, 6.07) is 0.0972. The Balaban J connectivity index is 2.37. The van der Waals surface area contributed by atoms with Gasteiger partial charge in [0.1, 0.15) is 0 Å². The smallest absolute Gasteiger partial charge is 0.0891 e. The van der Waals surface area contributed by atoms with E-state index in [9.17, 15) is 0 Å². The fourth-order valence-electron chi connectivity index (χ4n) is 3.17. The Morgan fingerprint density at radius 2 is 2.22 bits per heavy atom. The number of hydrogen-bond donors (Lipinski definition) is 1. The van der Waals surface area contributed by atoms with Crippen LogP contribution < -0.4 is 5.32 Å². The molecule has 0 aromatic carbocycles. The molecular formula is C13H22ClN3O. The average molecular weight is 272 g/mol. The number of ether oxygens (including phenoxy) is 1. The van der Waals surface area contributed by atoms with Gasteiger partial charge in [-0.15, -0.1) is 0 Å². The molecular weight excluding hydrogens is 250 g/mol. The average Bonchev–Trinajstić information content (AvgIpc) is 2.93. The Bertz CT molecular complexity index is 379. The third-order valence-electron chi connectivity index (χ3n) is 3.91. The normalized spacial score (nSPS) is 20.2. The summed E-state index contributed by atoms with van der Waals surface area (Å²) in [6.07, 6.45) is 6.29. The van der Waals surface area contributed by atoms with E-state index in [0.717, 1.165) is 25.1 Å². The van der Waals surface area contributed by atoms with Crippen molar-refractivity contribution >= 4 is 11.6 Å². The molecule has 1 atom stereocenters. The quantitative estimate of drug-likeness (QED) is 0.895. The third-order valence-corrected chi connectivity index (χ3v) is 4.20. The van der Waals surface area contributed by atoms with E-state index in [1.54, 1.807) is 6.20 Å². The molecule has 2 rings (SSSR count). The van der Waals surface area contributed by atoms with Crippen LogP contribution in [-0.4, -0.2) is 29.0 Å². The Kier molecular flexibility index (Phi) is 4.30. The highest BCUT2D eigenvalue weighted by molar-refractivity contribution is 6.31. The van der Waals surface area contributed by atoms with Gasteiger partial charge in [-0.3, -0.25) is 4.68 Å². The van der Waals surface area contributed by atoms with Crippen LogP contribution in [0.15, 0.2) is 6.20 Å². The van der Waals surface area contributed by atoms with Crippen LogP contribution in [0.2, 0.25) is 5.02 Å². The van der Waals surface area contributed by atoms with E-state index < -0.39 is 0 Å². The van der Waals surface area contributed by atoms with Crippen molar-refractivity contribution in [1.29, 1.82) is 0 Å². The lowest BCUT2D eigenvalue weighted by Crippen LogP contribution is -2.44. The van der Waals surface area contributed by atoms with Gasteiger partial charge >= 0.3 is 0 Å². The lowest BCUT2D eigenvalue weighted by atomic mass is 9.89. The molecule has 1 heterocycles. The SMILES string of the molecule is CCOC1(C(NC)c2c(Cl)cnn2C)CCCC1. The summed E-state index contributed by atoms with van der Waals surface area (Å²) >= 11 is 6.28. The van der Waals surface area contributed by atoms with Gasteiger partial charge in [-0.05, 0) is 26.8 Å². The molecule has 1 N–H and O–H groups in total. The fraction of sp³-hybridized carbons (Fsp3) is 0.769. The molecule has 1 aliphatic carbocycles. The standard InChI is InChI=1S/C13H22ClN3O/c1-4-18-13(7-5-6-8-13)12(15-2)11-10(14)9-16-17(11)3/h9,12,15H,4-8H2,1-3H3. The minimum Gasteiger partial charge on any atom is -0.373 e. The molecule has 1 aliphatic rings. The molecule has 1 aromatic rings. The van der Waals surface area contributed by atoms with E-state index in [2.05, 4.69) is 17.3 Å². The van der Waals surface area contributed by atoms with Gasteiger partial charge in [0.25, 0.3) is 0 Å². The first-order valence-corrected chi connectivity index (χ1v) is 7.01. The molecule has 4 nitrogen and oxygen atoms in total. The summed E-state index contributed by atoms with van der Waals surface area (Å²) in [4.78, 5) is 0. The van der Waals surface area contributed by atoms with Crippen molar-refractivity contribution < 1.29 is 4.74 Å². The van der Waals surface area contributed by atoms with Crippen LogP contribution in [0.4, 0.5) is 0 Å². The first kappa shape index (κ1) is 13.8. The highest BCUT2D eigenvalue weighted by Gasteiger charge is 2.44. The molecule has 0 aliphatic heterocycles. The van der Waals surface area contributed by atoms with Crippen LogP contribution in [0.25, 0.3) is 0 Å². The molecule has 0 spiro atoms. The van der Waals surface area contributed by atoms with Crippen molar-refractivity contribution in [3.05, 3.63) is 16.9 Å². The zero-order valence-corrected chi connectivity index (χ0v) is 12.1. The second-order valence-corrected chi connectivity index (χ2v) is 5.34. The van der Waals surface area contributed by atoms with Crippen LogP contribution in [0, 0.1) is 0 Å². The lowest BCUT2D eigenvalue weighted by molar-refractivity contribution is -0.0627. The zero-order chi connectivity index (χ0) is 13.2. The van der Waals surface area contributed by atoms with E-state index in [1.165, 1.54) is 12.8 Å². The van der Waals surface area contributed by atoms with Gasteiger partial charge in [0.15, 0.2) is 0 Å². The first-order valence-electron chi connectivity index (χ1n) is 6.63. The lowest BCUT2D eigenvalue weighted by Gasteiger charge is -2.37. The van der Waals surface area contributed by atoms with E-state index >= 15 is 0 Å². The van der Waals surface area contributed by atoms with Crippen molar-refractivity contribution in [1.82, 2.24) is 15.1 Å². The van der Waals surface area contributed by atoms with Gasteiger partial charge in [-0.2, -0.15) is 5.10 Å². The number of halogens is 1. The highest BCUT2D eigenvalue weighted by Crippen LogP contribution is 2.44. The summed E-state index contributed by atoms with van der Waals surface area (Å²) < 4.78 is 7.96. The van der Waals surface area contributed by atoms with Crippen LogP contribution in [0.3, 0.4) is 0 Å². The minimum absolute atomic E-state index is 0.0972. The summed E-state index contributed by atoms with van der Waals surface area (Å²) in [5.74, 6) is 0. The molecule has 1 unspecified atom stereocenters. The second-order valence-electron chi connectivity index (χ2n) is 4.93. The summed E-state index contributed by atoms with van der Waals surface area (Å²) in [7, 11) is 3.90. The van der Waals surface area contributed by atoms with Crippen molar-refractivity contribution in [3.63, 3.8) is 0 Å². The van der Waals surface area contributed by atoms with Gasteiger partial charge in [-0.1, -0.05) is 24.4 Å². The number of hydrogen-bond acceptors (Lipinski definition) is 3. The maximum Gasteiger partial charge on any atom is 0.0891 e. The maximum absolute atomic E-state index is 6.28. The van der Waals surface area contributed by atoms with Crippen molar-refractivity contribution in [2.75, 3.05) is 13.7 Å². The molecule has 1 fully saturated rings. The number of nitrogens with one attached hydrogen (secondary N) is 1. The van der Waals surface area contributed by atoms with Crippen molar-refractivity contribution in [2.45, 2.75) is 44.2 Å². The zero-order valence-electron chi connectivity index (χ0n) is 11.4. The molecule has 1 aromatic heterocycles. The summed E-state index contributed by atoms with van der Waals surface area (Å²) in [5, 5.41) is 8.33. The van der Waals surface area contributed by atoms with E-state index in [4.69, 9.17) is 16.3 Å². The van der Waals surface area contributed by atoms with Crippen LogP contribution in [0.1, 0.15) is 44.3 Å². The third kappa shape index (κ3) is 2.29. The Hall–Kier alpha value is -0.580. The number of aryl methyl sites for hydroxylation is 1. The molecule has 102 valence electrons. The molecule has 0 saturated heterocycles. The summed E-state index contributed by atoms with van der Waals surface area (Å²) in [5.41, 5.74) is 0.885. The van der Waals surface area contributed by atoms with Crippen LogP contribution >= 0.6 is 11.6 Å². The predicted molar refractivity (Wildman–Crippen MR) is 72.8 cm³/mol. The minimum atomic E-state index is -0.138. The van der Waals surface area contributed by atoms with Crippen LogP contribution in [-0.2, 0) is 11.8 Å².